The first-order valence-corrected chi connectivity index (χ1v) is 5.07. The van der Waals surface area contributed by atoms with Gasteiger partial charge in [-0.1, -0.05) is 16.8 Å². The van der Waals surface area contributed by atoms with Gasteiger partial charge in [-0.3, -0.25) is 0 Å². The van der Waals surface area contributed by atoms with Crippen LogP contribution in [0.2, 0.25) is 5.02 Å². The van der Waals surface area contributed by atoms with Gasteiger partial charge in [0.1, 0.15) is 0 Å². The van der Waals surface area contributed by atoms with Crippen molar-refractivity contribution in [2.45, 2.75) is 6.42 Å². The molecule has 2 rings (SSSR count). The summed E-state index contributed by atoms with van der Waals surface area (Å²) in [4.78, 5) is 4.10. The zero-order valence-corrected chi connectivity index (χ0v) is 9.11. The Kier molecular flexibility index (Phi) is 3.07. The lowest BCUT2D eigenvalue weighted by molar-refractivity contribution is 0.293. The zero-order chi connectivity index (χ0) is 11.5. The van der Waals surface area contributed by atoms with Crippen molar-refractivity contribution < 1.29 is 9.63 Å². The molecule has 0 saturated heterocycles. The van der Waals surface area contributed by atoms with Gasteiger partial charge in [-0.25, -0.2) is 0 Å². The quantitative estimate of drug-likeness (QED) is 0.793. The predicted octanol–water partition coefficient (Wildman–Crippen LogP) is 1.51. The third-order valence-corrected chi connectivity index (χ3v) is 2.28. The van der Waals surface area contributed by atoms with E-state index in [9.17, 15) is 0 Å². The molecule has 1 aromatic heterocycles. The van der Waals surface area contributed by atoms with Gasteiger partial charge < -0.3 is 15.4 Å². The Hall–Kier alpha value is -1.59. The molecule has 3 N–H and O–H groups in total. The van der Waals surface area contributed by atoms with Crippen LogP contribution < -0.4 is 5.73 Å². The predicted molar refractivity (Wildman–Crippen MR) is 59.9 cm³/mol. The minimum absolute atomic E-state index is 0.0188. The summed E-state index contributed by atoms with van der Waals surface area (Å²) < 4.78 is 5.03. The number of nitrogen functional groups attached to an aromatic ring is 1. The van der Waals surface area contributed by atoms with Crippen molar-refractivity contribution in [3.8, 4) is 11.5 Å². The number of rotatable bonds is 3. The molecule has 84 valence electrons. The zero-order valence-electron chi connectivity index (χ0n) is 8.35. The lowest BCUT2D eigenvalue weighted by Gasteiger charge is -1.99. The highest BCUT2D eigenvalue weighted by Gasteiger charge is 2.11. The number of aliphatic hydroxyl groups excluding tert-OH is 1. The van der Waals surface area contributed by atoms with Crippen molar-refractivity contribution >= 4 is 17.3 Å². The molecule has 5 nitrogen and oxygen atoms in total. The summed E-state index contributed by atoms with van der Waals surface area (Å²) in [6, 6.07) is 5.03. The van der Waals surface area contributed by atoms with E-state index in [1.165, 1.54) is 0 Å². The molecule has 0 aliphatic heterocycles. The molecule has 0 unspecified atom stereocenters. The van der Waals surface area contributed by atoms with E-state index in [0.717, 1.165) is 0 Å². The minimum Gasteiger partial charge on any atom is -0.398 e. The number of aromatic nitrogens is 2. The first-order valence-electron chi connectivity index (χ1n) is 4.69. The number of anilines is 1. The minimum atomic E-state index is -0.0188. The average Bonchev–Trinajstić information content (AvgIpc) is 2.67. The van der Waals surface area contributed by atoms with Gasteiger partial charge in [0.15, 0.2) is 5.82 Å². The highest BCUT2D eigenvalue weighted by Crippen LogP contribution is 2.26. The van der Waals surface area contributed by atoms with Crippen LogP contribution >= 0.6 is 11.6 Å². The molecule has 0 aliphatic rings. The second kappa shape index (κ2) is 4.51. The van der Waals surface area contributed by atoms with Gasteiger partial charge in [-0.05, 0) is 18.2 Å². The maximum Gasteiger partial charge on any atom is 0.260 e. The molecular formula is C10H10ClN3O2. The van der Waals surface area contributed by atoms with E-state index >= 15 is 0 Å². The van der Waals surface area contributed by atoms with Crippen LogP contribution in [0.15, 0.2) is 22.7 Å². The van der Waals surface area contributed by atoms with E-state index in [1.54, 1.807) is 18.2 Å². The molecule has 6 heteroatoms. The van der Waals surface area contributed by atoms with E-state index in [0.29, 0.717) is 34.4 Å². The van der Waals surface area contributed by atoms with Gasteiger partial charge in [0.25, 0.3) is 5.89 Å². The SMILES string of the molecule is Nc1cc(Cl)ccc1-c1nc(CCO)no1. The Morgan fingerprint density at radius 1 is 1.44 bits per heavy atom. The third-order valence-electron chi connectivity index (χ3n) is 2.05. The lowest BCUT2D eigenvalue weighted by Crippen LogP contribution is -1.93. The van der Waals surface area contributed by atoms with Gasteiger partial charge >= 0.3 is 0 Å². The molecule has 1 aromatic carbocycles. The molecule has 0 atom stereocenters. The number of hydrogen-bond donors (Lipinski definition) is 2. The van der Waals surface area contributed by atoms with Gasteiger partial charge in [-0.15, -0.1) is 0 Å². The lowest BCUT2D eigenvalue weighted by atomic mass is 10.2. The molecule has 0 amide bonds. The van der Waals surface area contributed by atoms with E-state index < -0.39 is 0 Å². The number of nitrogens with two attached hydrogens (primary N) is 1. The normalized spacial score (nSPS) is 10.6. The topological polar surface area (TPSA) is 85.2 Å². The van der Waals surface area contributed by atoms with Crippen LogP contribution in [0.25, 0.3) is 11.5 Å². The first kappa shape index (κ1) is 10.9. The standard InChI is InChI=1S/C10H10ClN3O2/c11-6-1-2-7(8(12)5-6)10-13-9(3-4-15)14-16-10/h1-2,5,15H,3-4,12H2. The number of hydrogen-bond acceptors (Lipinski definition) is 5. The monoisotopic (exact) mass is 239 g/mol. The van der Waals surface area contributed by atoms with Gasteiger partial charge in [0.2, 0.25) is 0 Å². The van der Waals surface area contributed by atoms with Crippen LogP contribution in [0.5, 0.6) is 0 Å². The van der Waals surface area contributed by atoms with E-state index in [2.05, 4.69) is 10.1 Å². The molecule has 16 heavy (non-hydrogen) atoms. The highest BCUT2D eigenvalue weighted by molar-refractivity contribution is 6.31. The molecule has 0 aliphatic carbocycles. The van der Waals surface area contributed by atoms with Crippen LogP contribution in [0.1, 0.15) is 5.82 Å². The second-order valence-electron chi connectivity index (χ2n) is 3.22. The Morgan fingerprint density at radius 3 is 2.94 bits per heavy atom. The van der Waals surface area contributed by atoms with Crippen LogP contribution in [0.3, 0.4) is 0 Å². The van der Waals surface area contributed by atoms with Crippen molar-refractivity contribution in [3.05, 3.63) is 29.0 Å². The molecule has 1 heterocycles. The number of nitrogens with zero attached hydrogens (tertiary/aromatic N) is 2. The first-order chi connectivity index (χ1) is 7.70. The average molecular weight is 240 g/mol. The summed E-state index contributed by atoms with van der Waals surface area (Å²) in [5.41, 5.74) is 6.89. The maximum absolute atomic E-state index is 8.73. The smallest absolute Gasteiger partial charge is 0.260 e. The Bertz CT molecular complexity index is 499. The van der Waals surface area contributed by atoms with Crippen molar-refractivity contribution in [2.75, 3.05) is 12.3 Å². The van der Waals surface area contributed by atoms with E-state index in [4.69, 9.17) is 27.0 Å². The Morgan fingerprint density at radius 2 is 2.25 bits per heavy atom. The summed E-state index contributed by atoms with van der Waals surface area (Å²) in [6.45, 7) is -0.0188. The van der Waals surface area contributed by atoms with E-state index in [1.807, 2.05) is 0 Å². The third kappa shape index (κ3) is 2.15. The molecule has 0 fully saturated rings. The number of benzene rings is 1. The molecule has 0 radical (unpaired) electrons. The van der Waals surface area contributed by atoms with Crippen molar-refractivity contribution in [1.29, 1.82) is 0 Å². The van der Waals surface area contributed by atoms with Gasteiger partial charge in [0, 0.05) is 17.1 Å². The van der Waals surface area contributed by atoms with Crippen molar-refractivity contribution in [3.63, 3.8) is 0 Å². The van der Waals surface area contributed by atoms with Crippen molar-refractivity contribution in [2.24, 2.45) is 0 Å². The van der Waals surface area contributed by atoms with Crippen LogP contribution in [0, 0.1) is 0 Å². The molecular weight excluding hydrogens is 230 g/mol. The van der Waals surface area contributed by atoms with Crippen molar-refractivity contribution in [1.82, 2.24) is 10.1 Å². The van der Waals surface area contributed by atoms with Crippen LogP contribution in [-0.4, -0.2) is 21.9 Å². The number of aliphatic hydroxyl groups is 1. The summed E-state index contributed by atoms with van der Waals surface area (Å²) in [7, 11) is 0. The number of halogens is 1. The summed E-state index contributed by atoms with van der Waals surface area (Å²) in [6.07, 6.45) is 0.358. The van der Waals surface area contributed by atoms with Crippen LogP contribution in [-0.2, 0) is 6.42 Å². The van der Waals surface area contributed by atoms with Gasteiger partial charge in [-0.2, -0.15) is 4.98 Å². The van der Waals surface area contributed by atoms with E-state index in [-0.39, 0.29) is 6.61 Å². The largest absolute Gasteiger partial charge is 0.398 e. The summed E-state index contributed by atoms with van der Waals surface area (Å²) in [5, 5.41) is 13.0. The molecule has 0 saturated carbocycles. The fourth-order valence-electron chi connectivity index (χ4n) is 1.29. The van der Waals surface area contributed by atoms with Gasteiger partial charge in [0.05, 0.1) is 12.2 Å². The fraction of sp³-hybridized carbons (Fsp3) is 0.200. The highest BCUT2D eigenvalue weighted by atomic mass is 35.5. The summed E-state index contributed by atoms with van der Waals surface area (Å²) in [5.74, 6) is 0.782. The summed E-state index contributed by atoms with van der Waals surface area (Å²) >= 11 is 5.78. The molecule has 2 aromatic rings. The molecule has 0 bridgehead atoms. The Balaban J connectivity index is 2.35. The Labute approximate surface area is 96.8 Å². The second-order valence-corrected chi connectivity index (χ2v) is 3.66. The maximum atomic E-state index is 8.73. The van der Waals surface area contributed by atoms with Crippen LogP contribution in [0.4, 0.5) is 5.69 Å². The fourth-order valence-corrected chi connectivity index (χ4v) is 1.47. The molecule has 0 spiro atoms.